The molecule has 7 heteroatoms. The van der Waals surface area contributed by atoms with Gasteiger partial charge in [-0.05, 0) is 30.4 Å². The molecule has 2 heterocycles. The summed E-state index contributed by atoms with van der Waals surface area (Å²) in [5, 5.41) is 14.0. The lowest BCUT2D eigenvalue weighted by atomic mass is 10.2. The number of benzene rings is 1. The van der Waals surface area contributed by atoms with Crippen LogP contribution < -0.4 is 5.32 Å². The lowest BCUT2D eigenvalue weighted by molar-refractivity contribution is -0.384. The van der Waals surface area contributed by atoms with Crippen LogP contribution in [0, 0.1) is 10.1 Å². The summed E-state index contributed by atoms with van der Waals surface area (Å²) in [6.45, 7) is 0. The van der Waals surface area contributed by atoms with Gasteiger partial charge in [0.2, 0.25) is 0 Å². The molecule has 1 N–H and O–H groups in total. The van der Waals surface area contributed by atoms with Crippen molar-refractivity contribution in [3.63, 3.8) is 0 Å². The lowest BCUT2D eigenvalue weighted by Gasteiger charge is -2.21. The van der Waals surface area contributed by atoms with E-state index in [0.717, 1.165) is 24.3 Å². The molecule has 1 saturated heterocycles. The number of anilines is 1. The Morgan fingerprint density at radius 1 is 1.42 bits per heavy atom. The van der Waals surface area contributed by atoms with E-state index in [-0.39, 0.29) is 5.69 Å². The first-order chi connectivity index (χ1) is 9.22. The predicted molar refractivity (Wildman–Crippen MR) is 74.6 cm³/mol. The Morgan fingerprint density at radius 3 is 2.95 bits per heavy atom. The van der Waals surface area contributed by atoms with Crippen molar-refractivity contribution < 1.29 is 9.34 Å². The number of nitrogens with one attached hydrogen (secondary N) is 1. The Bertz CT molecular complexity index is 607. The molecule has 100 valence electrons. The molecule has 0 radical (unpaired) electrons. The Morgan fingerprint density at radius 2 is 2.21 bits per heavy atom. The zero-order valence-electron chi connectivity index (χ0n) is 10.2. The van der Waals surface area contributed by atoms with Crippen LogP contribution in [0.3, 0.4) is 0 Å². The van der Waals surface area contributed by atoms with Crippen LogP contribution in [0.4, 0.5) is 11.7 Å². The van der Waals surface area contributed by atoms with Crippen LogP contribution in [0.5, 0.6) is 0 Å². The average Bonchev–Trinajstić information content (AvgIpc) is 2.80. The van der Waals surface area contributed by atoms with Gasteiger partial charge < -0.3 is 9.73 Å². The summed E-state index contributed by atoms with van der Waals surface area (Å²) in [6, 6.07) is 5.27. The highest BCUT2D eigenvalue weighted by Crippen LogP contribution is 2.26. The Hall–Kier alpha value is -1.76. The highest BCUT2D eigenvalue weighted by atomic mass is 32.2. The summed E-state index contributed by atoms with van der Waals surface area (Å²) >= 11 is 1.95. The van der Waals surface area contributed by atoms with Crippen molar-refractivity contribution in [1.29, 1.82) is 0 Å². The monoisotopic (exact) mass is 279 g/mol. The number of fused-ring (bicyclic) bond motifs is 1. The highest BCUT2D eigenvalue weighted by Gasteiger charge is 2.17. The lowest BCUT2D eigenvalue weighted by Crippen LogP contribution is -2.24. The van der Waals surface area contributed by atoms with E-state index in [9.17, 15) is 10.1 Å². The average molecular weight is 279 g/mol. The standard InChI is InChI=1S/C12H13N3O3S/c16-15(17)9-1-2-11-10(7-9)14-12(18-11)13-8-3-5-19-6-4-8/h1-2,7-8H,3-6H2,(H,13,14). The number of non-ortho nitro benzene ring substituents is 1. The number of oxazole rings is 1. The van der Waals surface area contributed by atoms with Crippen molar-refractivity contribution in [3.05, 3.63) is 28.3 Å². The summed E-state index contributed by atoms with van der Waals surface area (Å²) in [7, 11) is 0. The van der Waals surface area contributed by atoms with Gasteiger partial charge in [0.05, 0.1) is 4.92 Å². The number of hydrogen-bond donors (Lipinski definition) is 1. The van der Waals surface area contributed by atoms with Crippen LogP contribution in [0.25, 0.3) is 11.1 Å². The molecule has 0 saturated carbocycles. The summed E-state index contributed by atoms with van der Waals surface area (Å²) in [6.07, 6.45) is 2.17. The topological polar surface area (TPSA) is 81.2 Å². The van der Waals surface area contributed by atoms with Crippen LogP contribution in [0.1, 0.15) is 12.8 Å². The normalized spacial score (nSPS) is 16.6. The van der Waals surface area contributed by atoms with Crippen molar-refractivity contribution >= 4 is 34.6 Å². The minimum absolute atomic E-state index is 0.0291. The maximum absolute atomic E-state index is 10.7. The van der Waals surface area contributed by atoms with E-state index in [1.807, 2.05) is 11.8 Å². The van der Waals surface area contributed by atoms with Crippen molar-refractivity contribution in [3.8, 4) is 0 Å². The van der Waals surface area contributed by atoms with E-state index in [1.54, 1.807) is 6.07 Å². The molecule has 0 spiro atoms. The summed E-state index contributed by atoms with van der Waals surface area (Å²) < 4.78 is 5.55. The van der Waals surface area contributed by atoms with Crippen LogP contribution >= 0.6 is 11.8 Å². The number of aromatic nitrogens is 1. The maximum atomic E-state index is 10.7. The second-order valence-electron chi connectivity index (χ2n) is 4.46. The second-order valence-corrected chi connectivity index (χ2v) is 5.68. The third kappa shape index (κ3) is 2.65. The Balaban J connectivity index is 1.82. The van der Waals surface area contributed by atoms with E-state index in [1.165, 1.54) is 12.1 Å². The Kier molecular flexibility index (Phi) is 3.29. The quantitative estimate of drug-likeness (QED) is 0.687. The first-order valence-corrected chi connectivity index (χ1v) is 7.27. The van der Waals surface area contributed by atoms with Crippen LogP contribution in [0.2, 0.25) is 0 Å². The zero-order chi connectivity index (χ0) is 13.2. The smallest absolute Gasteiger partial charge is 0.295 e. The molecule has 0 unspecified atom stereocenters. The molecule has 1 aliphatic rings. The molecule has 0 aliphatic carbocycles. The molecular formula is C12H13N3O3S. The largest absolute Gasteiger partial charge is 0.424 e. The van der Waals surface area contributed by atoms with Gasteiger partial charge in [0, 0.05) is 18.2 Å². The van der Waals surface area contributed by atoms with Crippen LogP contribution in [0.15, 0.2) is 22.6 Å². The summed E-state index contributed by atoms with van der Waals surface area (Å²) in [5.74, 6) is 2.28. The van der Waals surface area contributed by atoms with Crippen molar-refractivity contribution in [2.45, 2.75) is 18.9 Å². The molecule has 3 rings (SSSR count). The molecule has 1 aliphatic heterocycles. The number of nitro groups is 1. The first-order valence-electron chi connectivity index (χ1n) is 6.11. The minimum atomic E-state index is -0.431. The molecular weight excluding hydrogens is 266 g/mol. The van der Waals surface area contributed by atoms with Gasteiger partial charge in [-0.15, -0.1) is 0 Å². The highest BCUT2D eigenvalue weighted by molar-refractivity contribution is 7.99. The van der Waals surface area contributed by atoms with Gasteiger partial charge >= 0.3 is 0 Å². The summed E-state index contributed by atoms with van der Waals surface area (Å²) in [5.41, 5.74) is 1.11. The van der Waals surface area contributed by atoms with Gasteiger partial charge in [-0.2, -0.15) is 16.7 Å². The van der Waals surface area contributed by atoms with Crippen LogP contribution in [-0.4, -0.2) is 27.5 Å². The Labute approximate surface area is 113 Å². The number of nitrogens with zero attached hydrogens (tertiary/aromatic N) is 2. The molecule has 2 aromatic rings. The number of rotatable bonds is 3. The zero-order valence-corrected chi connectivity index (χ0v) is 11.0. The second kappa shape index (κ2) is 5.08. The third-order valence-electron chi connectivity index (χ3n) is 3.13. The van der Waals surface area contributed by atoms with E-state index in [0.29, 0.717) is 23.2 Å². The number of thioether (sulfide) groups is 1. The van der Waals surface area contributed by atoms with Crippen molar-refractivity contribution in [1.82, 2.24) is 4.98 Å². The first kappa shape index (κ1) is 12.3. The maximum Gasteiger partial charge on any atom is 0.295 e. The predicted octanol–water partition coefficient (Wildman–Crippen LogP) is 3.04. The van der Waals surface area contributed by atoms with Gasteiger partial charge in [-0.3, -0.25) is 10.1 Å². The van der Waals surface area contributed by atoms with Gasteiger partial charge in [0.15, 0.2) is 5.58 Å². The minimum Gasteiger partial charge on any atom is -0.424 e. The molecule has 0 atom stereocenters. The van der Waals surface area contributed by atoms with Gasteiger partial charge in [0.25, 0.3) is 11.7 Å². The SMILES string of the molecule is O=[N+]([O-])c1ccc2oc(NC3CCSCC3)nc2c1. The van der Waals surface area contributed by atoms with E-state index in [2.05, 4.69) is 10.3 Å². The van der Waals surface area contributed by atoms with E-state index >= 15 is 0 Å². The fourth-order valence-electron chi connectivity index (χ4n) is 2.11. The van der Waals surface area contributed by atoms with Gasteiger partial charge in [0.1, 0.15) is 5.52 Å². The molecule has 1 aromatic heterocycles. The van der Waals surface area contributed by atoms with Crippen LogP contribution in [-0.2, 0) is 0 Å². The number of nitro benzene ring substituents is 1. The van der Waals surface area contributed by atoms with E-state index in [4.69, 9.17) is 4.42 Å². The molecule has 6 nitrogen and oxygen atoms in total. The fourth-order valence-corrected chi connectivity index (χ4v) is 3.21. The molecule has 1 aromatic carbocycles. The van der Waals surface area contributed by atoms with Crippen molar-refractivity contribution in [2.24, 2.45) is 0 Å². The molecule has 0 bridgehead atoms. The van der Waals surface area contributed by atoms with Gasteiger partial charge in [-0.1, -0.05) is 0 Å². The molecule has 1 fully saturated rings. The van der Waals surface area contributed by atoms with E-state index < -0.39 is 4.92 Å². The third-order valence-corrected chi connectivity index (χ3v) is 4.18. The molecule has 0 amide bonds. The number of hydrogen-bond acceptors (Lipinski definition) is 6. The van der Waals surface area contributed by atoms with Gasteiger partial charge in [-0.25, -0.2) is 0 Å². The molecule has 19 heavy (non-hydrogen) atoms. The van der Waals surface area contributed by atoms with Crippen molar-refractivity contribution in [2.75, 3.05) is 16.8 Å². The summed E-state index contributed by atoms with van der Waals surface area (Å²) in [4.78, 5) is 14.5. The fraction of sp³-hybridized carbons (Fsp3) is 0.417.